The molecule has 0 fully saturated rings. The van der Waals surface area contributed by atoms with E-state index in [-0.39, 0.29) is 5.91 Å². The first kappa shape index (κ1) is 9.91. The molecule has 1 N–H and O–H groups in total. The van der Waals surface area contributed by atoms with Crippen LogP contribution >= 0.6 is 33.9 Å². The first-order valence-electron chi connectivity index (χ1n) is 3.59. The van der Waals surface area contributed by atoms with Crippen LogP contribution in [-0.4, -0.2) is 17.4 Å². The number of likely N-dealkylation sites (N-methyl/N-ethyl adjacent to an activating group) is 1. The summed E-state index contributed by atoms with van der Waals surface area (Å²) in [6.07, 6.45) is 0.396. The van der Waals surface area contributed by atoms with Crippen LogP contribution < -0.4 is 5.32 Å². The van der Waals surface area contributed by atoms with Crippen LogP contribution in [0.4, 0.5) is 0 Å². The van der Waals surface area contributed by atoms with Crippen molar-refractivity contribution in [3.8, 4) is 0 Å². The second-order valence-corrected chi connectivity index (χ2v) is 4.83. The minimum atomic E-state index is 0.0409. The lowest BCUT2D eigenvalue weighted by molar-refractivity contribution is -0.120. The van der Waals surface area contributed by atoms with Crippen LogP contribution in [0.25, 0.3) is 0 Å². The zero-order valence-electron chi connectivity index (χ0n) is 6.63. The third-order valence-corrected chi connectivity index (χ3v) is 2.92. The molecule has 0 aromatic carbocycles. The Kier molecular flexibility index (Phi) is 3.93. The lowest BCUT2D eigenvalue weighted by Crippen LogP contribution is -2.24. The molecule has 3 nitrogen and oxygen atoms in total. The number of aromatic nitrogens is 1. The van der Waals surface area contributed by atoms with Crippen LogP contribution in [0.1, 0.15) is 12.6 Å². The minimum Gasteiger partial charge on any atom is -0.356 e. The van der Waals surface area contributed by atoms with Gasteiger partial charge in [-0.1, -0.05) is 0 Å². The van der Waals surface area contributed by atoms with Gasteiger partial charge in [0.15, 0.2) is 3.01 Å². The molecule has 1 amide bonds. The van der Waals surface area contributed by atoms with Crippen LogP contribution in [0.2, 0.25) is 0 Å². The van der Waals surface area contributed by atoms with E-state index in [0.29, 0.717) is 13.0 Å². The van der Waals surface area contributed by atoms with Crippen LogP contribution in [0.5, 0.6) is 0 Å². The molecule has 1 aromatic rings. The Bertz CT molecular complexity index is 274. The molecule has 0 bridgehead atoms. The van der Waals surface area contributed by atoms with E-state index in [1.54, 1.807) is 11.3 Å². The van der Waals surface area contributed by atoms with Crippen molar-refractivity contribution < 1.29 is 4.79 Å². The molecule has 1 rings (SSSR count). The highest BCUT2D eigenvalue weighted by molar-refractivity contribution is 14.1. The molecule has 0 aliphatic heterocycles. The second-order valence-electron chi connectivity index (χ2n) is 2.22. The predicted octanol–water partition coefficient (Wildman–Crippen LogP) is 1.43. The second kappa shape index (κ2) is 4.76. The predicted molar refractivity (Wildman–Crippen MR) is 57.2 cm³/mol. The molecule has 0 saturated heterocycles. The quantitative estimate of drug-likeness (QED) is 0.857. The van der Waals surface area contributed by atoms with Gasteiger partial charge in [-0.15, -0.1) is 11.3 Å². The van der Waals surface area contributed by atoms with Crippen molar-refractivity contribution in [2.75, 3.05) is 6.54 Å². The number of amides is 1. The summed E-state index contributed by atoms with van der Waals surface area (Å²) in [4.78, 5) is 15.3. The maximum atomic E-state index is 11.1. The van der Waals surface area contributed by atoms with Crippen LogP contribution in [-0.2, 0) is 11.2 Å². The largest absolute Gasteiger partial charge is 0.356 e. The molecule has 0 aliphatic carbocycles. The molecule has 1 heterocycles. The average molecular weight is 296 g/mol. The van der Waals surface area contributed by atoms with E-state index in [4.69, 9.17) is 0 Å². The number of thiazole rings is 1. The summed E-state index contributed by atoms with van der Waals surface area (Å²) < 4.78 is 0.979. The van der Waals surface area contributed by atoms with E-state index in [1.165, 1.54) is 0 Å². The number of nitrogens with one attached hydrogen (secondary N) is 1. The van der Waals surface area contributed by atoms with Gasteiger partial charge in [-0.3, -0.25) is 4.79 Å². The number of rotatable bonds is 3. The SMILES string of the molecule is CCNC(=O)Cc1csc(I)n1. The topological polar surface area (TPSA) is 42.0 Å². The van der Waals surface area contributed by atoms with Gasteiger partial charge in [-0.05, 0) is 29.5 Å². The first-order valence-corrected chi connectivity index (χ1v) is 5.54. The Hall–Kier alpha value is -0.170. The molecule has 5 heteroatoms. The zero-order chi connectivity index (χ0) is 8.97. The summed E-state index contributed by atoms with van der Waals surface area (Å²) in [5, 5.41) is 4.64. The summed E-state index contributed by atoms with van der Waals surface area (Å²) in [5.41, 5.74) is 0.857. The van der Waals surface area contributed by atoms with Gasteiger partial charge >= 0.3 is 0 Å². The molecule has 0 unspecified atom stereocenters. The molecular weight excluding hydrogens is 287 g/mol. The molecule has 0 saturated carbocycles. The van der Waals surface area contributed by atoms with E-state index in [1.807, 2.05) is 12.3 Å². The zero-order valence-corrected chi connectivity index (χ0v) is 9.61. The molecule has 0 radical (unpaired) electrons. The van der Waals surface area contributed by atoms with Crippen molar-refractivity contribution in [2.45, 2.75) is 13.3 Å². The molecule has 12 heavy (non-hydrogen) atoms. The molecule has 66 valence electrons. The van der Waals surface area contributed by atoms with Crippen molar-refractivity contribution in [3.05, 3.63) is 14.1 Å². The summed E-state index contributed by atoms with van der Waals surface area (Å²) in [6, 6.07) is 0. The molecule has 0 spiro atoms. The van der Waals surface area contributed by atoms with Crippen LogP contribution in [0, 0.1) is 3.01 Å². The summed E-state index contributed by atoms with van der Waals surface area (Å²) in [5.74, 6) is 0.0409. The van der Waals surface area contributed by atoms with Gasteiger partial charge in [0.05, 0.1) is 12.1 Å². The van der Waals surface area contributed by atoms with Crippen LogP contribution in [0.3, 0.4) is 0 Å². The Morgan fingerprint density at radius 2 is 2.58 bits per heavy atom. The number of nitrogens with zero attached hydrogens (tertiary/aromatic N) is 1. The van der Waals surface area contributed by atoms with Crippen molar-refractivity contribution in [3.63, 3.8) is 0 Å². The normalized spacial score (nSPS) is 9.83. The molecular formula is C7H9IN2OS. The van der Waals surface area contributed by atoms with E-state index >= 15 is 0 Å². The van der Waals surface area contributed by atoms with E-state index in [9.17, 15) is 4.79 Å². The van der Waals surface area contributed by atoms with Gasteiger partial charge in [-0.25, -0.2) is 4.98 Å². The third-order valence-electron chi connectivity index (χ3n) is 1.24. The maximum Gasteiger partial charge on any atom is 0.226 e. The van der Waals surface area contributed by atoms with Gasteiger partial charge in [0.2, 0.25) is 5.91 Å². The van der Waals surface area contributed by atoms with Crippen molar-refractivity contribution in [1.29, 1.82) is 0 Å². The summed E-state index contributed by atoms with van der Waals surface area (Å²) >= 11 is 3.70. The van der Waals surface area contributed by atoms with Gasteiger partial charge in [-0.2, -0.15) is 0 Å². The first-order chi connectivity index (χ1) is 5.72. The Morgan fingerprint density at radius 3 is 3.08 bits per heavy atom. The lowest BCUT2D eigenvalue weighted by Gasteiger charge is -1.97. The summed E-state index contributed by atoms with van der Waals surface area (Å²) in [7, 11) is 0. The van der Waals surface area contributed by atoms with Gasteiger partial charge in [0, 0.05) is 11.9 Å². The van der Waals surface area contributed by atoms with E-state index < -0.39 is 0 Å². The number of carbonyl (C=O) groups is 1. The standard InChI is InChI=1S/C7H9IN2OS/c1-2-9-6(11)3-5-4-12-7(8)10-5/h4H,2-3H2,1H3,(H,9,11). The number of hydrogen-bond donors (Lipinski definition) is 1. The minimum absolute atomic E-state index is 0.0409. The highest BCUT2D eigenvalue weighted by atomic mass is 127. The van der Waals surface area contributed by atoms with Crippen molar-refractivity contribution in [2.24, 2.45) is 0 Å². The van der Waals surface area contributed by atoms with Crippen LogP contribution in [0.15, 0.2) is 5.38 Å². The molecule has 0 atom stereocenters. The van der Waals surface area contributed by atoms with Gasteiger partial charge in [0.1, 0.15) is 0 Å². The van der Waals surface area contributed by atoms with Gasteiger partial charge in [0.25, 0.3) is 0 Å². The number of hydrogen-bond acceptors (Lipinski definition) is 3. The Labute approximate surface area is 88.7 Å². The Morgan fingerprint density at radius 1 is 1.83 bits per heavy atom. The fraction of sp³-hybridized carbons (Fsp3) is 0.429. The smallest absolute Gasteiger partial charge is 0.226 e. The Balaban J connectivity index is 2.46. The molecule has 1 aromatic heterocycles. The third kappa shape index (κ3) is 3.06. The highest BCUT2D eigenvalue weighted by Gasteiger charge is 2.04. The maximum absolute atomic E-state index is 11.1. The lowest BCUT2D eigenvalue weighted by atomic mass is 10.3. The monoisotopic (exact) mass is 296 g/mol. The number of halogens is 1. The van der Waals surface area contributed by atoms with E-state index in [0.717, 1.165) is 8.71 Å². The summed E-state index contributed by atoms with van der Waals surface area (Å²) in [6.45, 7) is 2.59. The fourth-order valence-electron chi connectivity index (χ4n) is 0.788. The average Bonchev–Trinajstić information content (AvgIpc) is 2.36. The highest BCUT2D eigenvalue weighted by Crippen LogP contribution is 2.11. The van der Waals surface area contributed by atoms with Crippen molar-refractivity contribution in [1.82, 2.24) is 10.3 Å². The number of carbonyl (C=O) groups excluding carboxylic acids is 1. The molecule has 0 aliphatic rings. The fourth-order valence-corrected chi connectivity index (χ4v) is 2.02. The van der Waals surface area contributed by atoms with Gasteiger partial charge < -0.3 is 5.32 Å². The van der Waals surface area contributed by atoms with Crippen molar-refractivity contribution >= 4 is 39.8 Å². The van der Waals surface area contributed by atoms with E-state index in [2.05, 4.69) is 32.9 Å².